The van der Waals surface area contributed by atoms with Crippen LogP contribution in [0.3, 0.4) is 0 Å². The van der Waals surface area contributed by atoms with Crippen LogP contribution in [0.25, 0.3) is 0 Å². The predicted octanol–water partition coefficient (Wildman–Crippen LogP) is 7.18. The summed E-state index contributed by atoms with van der Waals surface area (Å²) in [6, 6.07) is 30.7. The molecule has 4 fully saturated rings. The van der Waals surface area contributed by atoms with E-state index in [0.29, 0.717) is 16.7 Å². The van der Waals surface area contributed by atoms with Crippen LogP contribution in [0.4, 0.5) is 0 Å². The molecular formula is C41H38O8. The first-order chi connectivity index (χ1) is 23.5. The summed E-state index contributed by atoms with van der Waals surface area (Å²) in [5, 5.41) is 9.72. The Morgan fingerprint density at radius 3 is 0.796 bits per heavy atom. The number of esters is 3. The molecular weight excluding hydrogens is 620 g/mol. The van der Waals surface area contributed by atoms with Gasteiger partial charge < -0.3 is 19.3 Å². The lowest BCUT2D eigenvalue weighted by Crippen LogP contribution is -2.67. The second-order valence-corrected chi connectivity index (χ2v) is 14.3. The number of carboxylic acids is 1. The maximum absolute atomic E-state index is 12.4. The number of rotatable bonds is 8. The van der Waals surface area contributed by atoms with Gasteiger partial charge in [-0.2, -0.15) is 0 Å². The summed E-state index contributed by atoms with van der Waals surface area (Å²) in [7, 11) is 4.12. The van der Waals surface area contributed by atoms with Crippen LogP contribution >= 0.6 is 0 Å². The summed E-state index contributed by atoms with van der Waals surface area (Å²) in [6.07, 6.45) is 5.08. The quantitative estimate of drug-likeness (QED) is 0.156. The van der Waals surface area contributed by atoms with E-state index >= 15 is 0 Å². The zero-order valence-electron chi connectivity index (χ0n) is 27.8. The number of benzene rings is 4. The van der Waals surface area contributed by atoms with E-state index in [4.69, 9.17) is 14.2 Å². The van der Waals surface area contributed by atoms with Crippen molar-refractivity contribution in [2.24, 2.45) is 0 Å². The summed E-state index contributed by atoms with van der Waals surface area (Å²) in [5.74, 6) is -2.15. The van der Waals surface area contributed by atoms with Gasteiger partial charge in [-0.3, -0.25) is 0 Å². The molecule has 4 aliphatic carbocycles. The van der Waals surface area contributed by atoms with Gasteiger partial charge in [0.25, 0.3) is 0 Å². The molecule has 0 atom stereocenters. The topological polar surface area (TPSA) is 116 Å². The molecule has 1 N–H and O–H groups in total. The van der Waals surface area contributed by atoms with Crippen molar-refractivity contribution < 1.29 is 38.5 Å². The number of aromatic carboxylic acids is 1. The van der Waals surface area contributed by atoms with Crippen molar-refractivity contribution >= 4 is 23.9 Å². The van der Waals surface area contributed by atoms with E-state index in [-0.39, 0.29) is 27.2 Å². The molecule has 4 aliphatic rings. The lowest BCUT2D eigenvalue weighted by molar-refractivity contribution is -0.0692. The first kappa shape index (κ1) is 32.3. The molecule has 0 aromatic heterocycles. The maximum Gasteiger partial charge on any atom is 0.337 e. The van der Waals surface area contributed by atoms with Crippen molar-refractivity contribution in [3.8, 4) is 0 Å². The first-order valence-electron chi connectivity index (χ1n) is 16.4. The zero-order valence-corrected chi connectivity index (χ0v) is 27.8. The Labute approximate surface area is 285 Å². The molecule has 0 heterocycles. The molecule has 0 aliphatic heterocycles. The standard InChI is InChI=1S/C41H38O8/c1-47-35(44)27-6-14-31(15-7-27)39-20-38(30-12-4-26(5-13-30)34(42)43)21-40(23-39,32-16-8-28(9-17-32)36(45)48-2)25-41(22-38,24-39)33-18-10-29(11-19-33)37(46)49-3/h4-19H,20-25H2,1-3H3,(H,42,43). The van der Waals surface area contributed by atoms with Gasteiger partial charge in [-0.15, -0.1) is 0 Å². The Hall–Kier alpha value is -5.24. The third-order valence-corrected chi connectivity index (χ3v) is 11.6. The average Bonchev–Trinajstić information content (AvgIpc) is 3.13. The van der Waals surface area contributed by atoms with E-state index < -0.39 is 23.9 Å². The van der Waals surface area contributed by atoms with Crippen LogP contribution < -0.4 is 0 Å². The van der Waals surface area contributed by atoms with E-state index in [1.54, 1.807) is 12.1 Å². The van der Waals surface area contributed by atoms with E-state index in [2.05, 4.69) is 36.4 Å². The largest absolute Gasteiger partial charge is 0.478 e. The van der Waals surface area contributed by atoms with Gasteiger partial charge in [-0.25, -0.2) is 19.2 Å². The van der Waals surface area contributed by atoms with E-state index in [1.807, 2.05) is 48.5 Å². The Morgan fingerprint density at radius 2 is 0.612 bits per heavy atom. The minimum absolute atomic E-state index is 0.239. The molecule has 8 heteroatoms. The molecule has 0 amide bonds. The first-order valence-corrected chi connectivity index (χ1v) is 16.4. The van der Waals surface area contributed by atoms with E-state index in [9.17, 15) is 24.3 Å². The summed E-state index contributed by atoms with van der Waals surface area (Å²) >= 11 is 0. The fraction of sp³-hybridized carbons (Fsp3) is 0.317. The summed E-state index contributed by atoms with van der Waals surface area (Å²) in [6.45, 7) is 0. The van der Waals surface area contributed by atoms with Gasteiger partial charge in [0.15, 0.2) is 0 Å². The lowest BCUT2D eigenvalue weighted by Gasteiger charge is -2.71. The number of ether oxygens (including phenoxy) is 3. The third kappa shape index (κ3) is 5.21. The van der Waals surface area contributed by atoms with Crippen LogP contribution in [-0.2, 0) is 35.9 Å². The number of carbonyl (C=O) groups is 4. The summed E-state index contributed by atoms with van der Waals surface area (Å²) in [4.78, 5) is 49.1. The SMILES string of the molecule is COC(=O)c1ccc(C23CC4(c5ccc(C(=O)O)cc5)CC(c5ccc(C(=O)OC)cc5)(C2)CC(c2ccc(C(=O)OC)cc2)(C4)C3)cc1. The van der Waals surface area contributed by atoms with Crippen molar-refractivity contribution in [2.45, 2.75) is 60.2 Å². The zero-order chi connectivity index (χ0) is 34.6. The highest BCUT2D eigenvalue weighted by Gasteiger charge is 2.69. The van der Waals surface area contributed by atoms with Gasteiger partial charge in [-0.1, -0.05) is 48.5 Å². The second-order valence-electron chi connectivity index (χ2n) is 14.3. The van der Waals surface area contributed by atoms with Crippen molar-refractivity contribution in [3.05, 3.63) is 142 Å². The minimum atomic E-state index is -0.969. The Bertz CT molecular complexity index is 1750. The van der Waals surface area contributed by atoms with Gasteiger partial charge in [0.05, 0.1) is 43.6 Å². The molecule has 250 valence electrons. The number of methoxy groups -OCH3 is 3. The molecule has 0 unspecified atom stereocenters. The Balaban J connectivity index is 1.46. The van der Waals surface area contributed by atoms with Crippen LogP contribution in [0, 0.1) is 0 Å². The normalized spacial score (nSPS) is 26.5. The Kier molecular flexibility index (Phi) is 7.73. The summed E-state index contributed by atoms with van der Waals surface area (Å²) < 4.78 is 15.0. The van der Waals surface area contributed by atoms with Gasteiger partial charge in [0.1, 0.15) is 0 Å². The molecule has 0 saturated heterocycles. The fourth-order valence-electron chi connectivity index (χ4n) is 10.1. The monoisotopic (exact) mass is 658 g/mol. The van der Waals surface area contributed by atoms with E-state index in [0.717, 1.165) is 60.8 Å². The predicted molar refractivity (Wildman–Crippen MR) is 181 cm³/mol. The maximum atomic E-state index is 12.4. The Morgan fingerprint density at radius 1 is 0.408 bits per heavy atom. The van der Waals surface area contributed by atoms with Crippen molar-refractivity contribution in [1.82, 2.24) is 0 Å². The molecule has 4 aromatic rings. The van der Waals surface area contributed by atoms with Crippen LogP contribution in [0.1, 0.15) is 102 Å². The number of hydrogen-bond acceptors (Lipinski definition) is 7. The third-order valence-electron chi connectivity index (χ3n) is 11.6. The highest BCUT2D eigenvalue weighted by Crippen LogP contribution is 2.74. The van der Waals surface area contributed by atoms with Gasteiger partial charge in [-0.05, 0) is 131 Å². The molecule has 4 aromatic carbocycles. The molecule has 4 bridgehead atoms. The second kappa shape index (κ2) is 11.7. The van der Waals surface area contributed by atoms with Crippen LogP contribution in [0.2, 0.25) is 0 Å². The van der Waals surface area contributed by atoms with Crippen molar-refractivity contribution in [3.63, 3.8) is 0 Å². The smallest absolute Gasteiger partial charge is 0.337 e. The highest BCUT2D eigenvalue weighted by molar-refractivity contribution is 5.90. The molecule has 8 rings (SSSR count). The van der Waals surface area contributed by atoms with Crippen molar-refractivity contribution in [2.75, 3.05) is 21.3 Å². The van der Waals surface area contributed by atoms with Crippen LogP contribution in [-0.4, -0.2) is 50.3 Å². The lowest BCUT2D eigenvalue weighted by atomic mass is 9.32. The van der Waals surface area contributed by atoms with Gasteiger partial charge >= 0.3 is 23.9 Å². The van der Waals surface area contributed by atoms with Crippen LogP contribution in [0.15, 0.2) is 97.1 Å². The molecule has 49 heavy (non-hydrogen) atoms. The number of carboxylic acid groups (broad SMARTS) is 1. The molecule has 4 saturated carbocycles. The average molecular weight is 659 g/mol. The molecule has 8 nitrogen and oxygen atoms in total. The highest BCUT2D eigenvalue weighted by atomic mass is 16.5. The van der Waals surface area contributed by atoms with E-state index in [1.165, 1.54) is 21.3 Å². The van der Waals surface area contributed by atoms with Gasteiger partial charge in [0.2, 0.25) is 0 Å². The van der Waals surface area contributed by atoms with Gasteiger partial charge in [0, 0.05) is 0 Å². The minimum Gasteiger partial charge on any atom is -0.478 e. The number of hydrogen-bond donors (Lipinski definition) is 1. The summed E-state index contributed by atoms with van der Waals surface area (Å²) in [5.41, 5.74) is 4.88. The fourth-order valence-corrected chi connectivity index (χ4v) is 10.1. The molecule has 0 spiro atoms. The van der Waals surface area contributed by atoms with Crippen LogP contribution in [0.5, 0.6) is 0 Å². The van der Waals surface area contributed by atoms with Crippen molar-refractivity contribution in [1.29, 1.82) is 0 Å². The molecule has 0 radical (unpaired) electrons. The number of carbonyl (C=O) groups excluding carboxylic acids is 3.